The van der Waals surface area contributed by atoms with Gasteiger partial charge in [0.15, 0.2) is 9.84 Å². The van der Waals surface area contributed by atoms with E-state index < -0.39 is 9.84 Å². The van der Waals surface area contributed by atoms with Crippen LogP contribution in [0.25, 0.3) is 11.0 Å². The van der Waals surface area contributed by atoms with E-state index in [4.69, 9.17) is 0 Å². The summed E-state index contributed by atoms with van der Waals surface area (Å²) in [6.07, 6.45) is 0. The summed E-state index contributed by atoms with van der Waals surface area (Å²) in [6, 6.07) is 7.66. The molecule has 0 atom stereocenters. The number of nitrogens with one attached hydrogen (secondary N) is 2. The molecule has 0 spiro atoms. The molecule has 1 heterocycles. The van der Waals surface area contributed by atoms with Gasteiger partial charge in [-0.2, -0.15) is 0 Å². The van der Waals surface area contributed by atoms with Crippen molar-refractivity contribution >= 4 is 26.8 Å². The number of imidazole rings is 1. The number of fused-ring (bicyclic) bond motifs is 1. The minimum absolute atomic E-state index is 0.126. The van der Waals surface area contributed by atoms with E-state index in [2.05, 4.69) is 15.3 Å². The average Bonchev–Trinajstić information content (AvgIpc) is 2.71. The maximum atomic E-state index is 11.3. The van der Waals surface area contributed by atoms with Crippen molar-refractivity contribution in [2.24, 2.45) is 0 Å². The molecular weight excluding hydrogens is 238 g/mol. The third-order valence-corrected chi connectivity index (χ3v) is 4.24. The van der Waals surface area contributed by atoms with Gasteiger partial charge in [0.2, 0.25) is 5.95 Å². The van der Waals surface area contributed by atoms with Gasteiger partial charge in [0.25, 0.3) is 0 Å². The Kier molecular flexibility index (Phi) is 3.33. The molecule has 1 aromatic heterocycles. The second-order valence-corrected chi connectivity index (χ2v) is 6.24. The van der Waals surface area contributed by atoms with Crippen LogP contribution >= 0.6 is 0 Å². The highest BCUT2D eigenvalue weighted by Crippen LogP contribution is 2.12. The van der Waals surface area contributed by atoms with Gasteiger partial charge < -0.3 is 10.3 Å². The molecule has 0 unspecified atom stereocenters. The van der Waals surface area contributed by atoms with E-state index in [1.165, 1.54) is 0 Å². The maximum Gasteiger partial charge on any atom is 0.201 e. The highest BCUT2D eigenvalue weighted by Gasteiger charge is 2.07. The first kappa shape index (κ1) is 11.9. The topological polar surface area (TPSA) is 74.8 Å². The van der Waals surface area contributed by atoms with Gasteiger partial charge in [-0.3, -0.25) is 0 Å². The number of rotatable bonds is 5. The van der Waals surface area contributed by atoms with E-state index in [-0.39, 0.29) is 11.5 Å². The molecule has 0 amide bonds. The average molecular weight is 253 g/mol. The first-order valence-corrected chi connectivity index (χ1v) is 7.32. The maximum absolute atomic E-state index is 11.3. The lowest BCUT2D eigenvalue weighted by Gasteiger charge is -2.02. The lowest BCUT2D eigenvalue weighted by Crippen LogP contribution is -2.17. The zero-order valence-corrected chi connectivity index (χ0v) is 10.4. The van der Waals surface area contributed by atoms with Gasteiger partial charge in [-0.05, 0) is 12.1 Å². The number of sulfone groups is 1. The Labute approximate surface area is 100 Å². The molecule has 0 fully saturated rings. The van der Waals surface area contributed by atoms with Crippen molar-refractivity contribution in [2.75, 3.05) is 23.4 Å². The molecule has 1 aromatic carbocycles. The lowest BCUT2D eigenvalue weighted by atomic mass is 10.3. The molecule has 17 heavy (non-hydrogen) atoms. The van der Waals surface area contributed by atoms with Gasteiger partial charge in [-0.15, -0.1) is 0 Å². The predicted molar refractivity (Wildman–Crippen MR) is 68.9 cm³/mol. The molecule has 0 saturated heterocycles. The van der Waals surface area contributed by atoms with Gasteiger partial charge in [-0.1, -0.05) is 19.1 Å². The lowest BCUT2D eigenvalue weighted by molar-refractivity contribution is 0.597. The molecule has 5 nitrogen and oxygen atoms in total. The highest BCUT2D eigenvalue weighted by molar-refractivity contribution is 7.91. The molecule has 0 bridgehead atoms. The Balaban J connectivity index is 2.00. The quantitative estimate of drug-likeness (QED) is 0.845. The minimum Gasteiger partial charge on any atom is -0.355 e. The minimum atomic E-state index is -2.92. The van der Waals surface area contributed by atoms with Crippen LogP contribution in [0.15, 0.2) is 24.3 Å². The fourth-order valence-electron chi connectivity index (χ4n) is 1.51. The highest BCUT2D eigenvalue weighted by atomic mass is 32.2. The van der Waals surface area contributed by atoms with Crippen molar-refractivity contribution < 1.29 is 8.42 Å². The number of nitrogens with zero attached hydrogens (tertiary/aromatic N) is 1. The molecule has 2 rings (SSSR count). The number of hydrogen-bond acceptors (Lipinski definition) is 4. The molecule has 2 aromatic rings. The second kappa shape index (κ2) is 4.75. The summed E-state index contributed by atoms with van der Waals surface area (Å²) in [6.45, 7) is 2.02. The number of aromatic amines is 1. The van der Waals surface area contributed by atoms with Crippen LogP contribution < -0.4 is 5.32 Å². The van der Waals surface area contributed by atoms with E-state index in [0.29, 0.717) is 12.5 Å². The number of benzene rings is 1. The van der Waals surface area contributed by atoms with E-state index in [9.17, 15) is 8.42 Å². The molecule has 0 aliphatic carbocycles. The van der Waals surface area contributed by atoms with E-state index in [1.54, 1.807) is 6.92 Å². The van der Waals surface area contributed by atoms with Crippen molar-refractivity contribution in [1.82, 2.24) is 9.97 Å². The Hall–Kier alpha value is -1.56. The summed E-state index contributed by atoms with van der Waals surface area (Å²) < 4.78 is 22.6. The molecule has 6 heteroatoms. The summed E-state index contributed by atoms with van der Waals surface area (Å²) in [5, 5.41) is 2.98. The zero-order valence-electron chi connectivity index (χ0n) is 9.60. The largest absolute Gasteiger partial charge is 0.355 e. The smallest absolute Gasteiger partial charge is 0.201 e. The predicted octanol–water partition coefficient (Wildman–Crippen LogP) is 1.41. The molecule has 0 saturated carbocycles. The summed E-state index contributed by atoms with van der Waals surface area (Å²) in [7, 11) is -2.92. The van der Waals surface area contributed by atoms with E-state index in [0.717, 1.165) is 11.0 Å². The van der Waals surface area contributed by atoms with Gasteiger partial charge in [0.1, 0.15) is 0 Å². The Morgan fingerprint density at radius 2 is 2.12 bits per heavy atom. The standard InChI is InChI=1S/C11H15N3O2S/c1-2-17(15,16)8-7-12-11-13-9-5-3-4-6-10(9)14-11/h3-6H,2,7-8H2,1H3,(H2,12,13,14). The third-order valence-electron chi connectivity index (χ3n) is 2.53. The Morgan fingerprint density at radius 3 is 2.82 bits per heavy atom. The van der Waals surface area contributed by atoms with Crippen molar-refractivity contribution in [1.29, 1.82) is 0 Å². The Morgan fingerprint density at radius 1 is 1.35 bits per heavy atom. The number of hydrogen-bond donors (Lipinski definition) is 2. The van der Waals surface area contributed by atoms with Crippen LogP contribution in [0.3, 0.4) is 0 Å². The van der Waals surface area contributed by atoms with E-state index in [1.807, 2.05) is 24.3 Å². The first-order valence-electron chi connectivity index (χ1n) is 5.50. The molecular formula is C11H15N3O2S. The molecule has 2 N–H and O–H groups in total. The number of para-hydroxylation sites is 2. The summed E-state index contributed by atoms with van der Waals surface area (Å²) in [5.74, 6) is 0.910. The zero-order chi connectivity index (χ0) is 12.3. The third kappa shape index (κ3) is 2.97. The van der Waals surface area contributed by atoms with Crippen LogP contribution in [0.2, 0.25) is 0 Å². The number of anilines is 1. The van der Waals surface area contributed by atoms with Crippen LogP contribution in [0.5, 0.6) is 0 Å². The summed E-state index contributed by atoms with van der Waals surface area (Å²) >= 11 is 0. The van der Waals surface area contributed by atoms with Gasteiger partial charge in [0.05, 0.1) is 16.8 Å². The van der Waals surface area contributed by atoms with E-state index >= 15 is 0 Å². The van der Waals surface area contributed by atoms with Gasteiger partial charge in [-0.25, -0.2) is 13.4 Å². The van der Waals surface area contributed by atoms with Crippen LogP contribution in [0, 0.1) is 0 Å². The molecule has 0 radical (unpaired) electrons. The van der Waals surface area contributed by atoms with Gasteiger partial charge >= 0.3 is 0 Å². The van der Waals surface area contributed by atoms with Crippen molar-refractivity contribution in [3.63, 3.8) is 0 Å². The first-order chi connectivity index (χ1) is 8.11. The van der Waals surface area contributed by atoms with Crippen molar-refractivity contribution in [3.05, 3.63) is 24.3 Å². The molecule has 0 aliphatic rings. The summed E-state index contributed by atoms with van der Waals surface area (Å²) in [4.78, 5) is 7.38. The second-order valence-electron chi connectivity index (χ2n) is 3.77. The monoisotopic (exact) mass is 253 g/mol. The molecule has 0 aliphatic heterocycles. The fourth-order valence-corrected chi connectivity index (χ4v) is 2.21. The van der Waals surface area contributed by atoms with Crippen LogP contribution in [-0.4, -0.2) is 36.4 Å². The number of aromatic nitrogens is 2. The number of H-pyrrole nitrogens is 1. The summed E-state index contributed by atoms with van der Waals surface area (Å²) in [5.41, 5.74) is 1.81. The SMILES string of the molecule is CCS(=O)(=O)CCNc1nc2ccccc2[nH]1. The Bertz CT molecular complexity index is 571. The molecule has 92 valence electrons. The fraction of sp³-hybridized carbons (Fsp3) is 0.364. The van der Waals surface area contributed by atoms with Crippen LogP contribution in [-0.2, 0) is 9.84 Å². The van der Waals surface area contributed by atoms with Gasteiger partial charge in [0, 0.05) is 12.3 Å². The van der Waals surface area contributed by atoms with Crippen molar-refractivity contribution in [2.45, 2.75) is 6.92 Å². The van der Waals surface area contributed by atoms with Crippen LogP contribution in [0.1, 0.15) is 6.92 Å². The normalized spacial score (nSPS) is 11.8. The van der Waals surface area contributed by atoms with Crippen LogP contribution in [0.4, 0.5) is 5.95 Å². The van der Waals surface area contributed by atoms with Crippen molar-refractivity contribution in [3.8, 4) is 0 Å².